The van der Waals surface area contributed by atoms with Crippen LogP contribution in [0, 0.1) is 0 Å². The number of benzene rings is 1. The number of ether oxygens (including phenoxy) is 3. The van der Waals surface area contributed by atoms with Crippen LogP contribution in [0.4, 0.5) is 0 Å². The molecule has 1 aromatic carbocycles. The first-order valence-electron chi connectivity index (χ1n) is 5.49. The molecule has 0 atom stereocenters. The van der Waals surface area contributed by atoms with E-state index in [9.17, 15) is 4.79 Å². The van der Waals surface area contributed by atoms with Gasteiger partial charge in [-0.1, -0.05) is 0 Å². The highest BCUT2D eigenvalue weighted by Crippen LogP contribution is 2.36. The largest absolute Gasteiger partial charge is 0.477 e. The van der Waals surface area contributed by atoms with Crippen LogP contribution < -0.4 is 14.2 Å². The highest BCUT2D eigenvalue weighted by atomic mass is 16.7. The number of aromatic nitrogens is 1. The zero-order valence-electron chi connectivity index (χ0n) is 9.70. The van der Waals surface area contributed by atoms with Crippen molar-refractivity contribution in [3.05, 3.63) is 42.2 Å². The maximum absolute atomic E-state index is 11.0. The fourth-order valence-corrected chi connectivity index (χ4v) is 1.70. The van der Waals surface area contributed by atoms with Crippen molar-refractivity contribution in [2.45, 2.75) is 0 Å². The maximum Gasteiger partial charge on any atom is 0.341 e. The topological polar surface area (TPSA) is 77.9 Å². The Morgan fingerprint density at radius 3 is 2.95 bits per heavy atom. The molecule has 0 saturated carbocycles. The third kappa shape index (κ3) is 2.15. The fraction of sp³-hybridized carbons (Fsp3) is 0.0769. The smallest absolute Gasteiger partial charge is 0.341 e. The number of carboxylic acids is 1. The van der Waals surface area contributed by atoms with Crippen molar-refractivity contribution in [1.29, 1.82) is 0 Å². The van der Waals surface area contributed by atoms with Gasteiger partial charge in [0.05, 0.1) is 0 Å². The van der Waals surface area contributed by atoms with Crippen molar-refractivity contribution < 1.29 is 24.1 Å². The molecule has 0 aliphatic carbocycles. The highest BCUT2D eigenvalue weighted by molar-refractivity contribution is 5.90. The van der Waals surface area contributed by atoms with Crippen LogP contribution in [0.2, 0.25) is 0 Å². The minimum atomic E-state index is -1.09. The molecule has 0 saturated heterocycles. The lowest BCUT2D eigenvalue weighted by Crippen LogP contribution is -2.00. The molecule has 1 aliphatic heterocycles. The molecule has 0 amide bonds. The molecule has 19 heavy (non-hydrogen) atoms. The van der Waals surface area contributed by atoms with Crippen LogP contribution in [0.1, 0.15) is 10.4 Å². The first kappa shape index (κ1) is 11.3. The van der Waals surface area contributed by atoms with E-state index < -0.39 is 5.97 Å². The van der Waals surface area contributed by atoms with Gasteiger partial charge in [0, 0.05) is 24.5 Å². The van der Waals surface area contributed by atoms with Crippen molar-refractivity contribution in [2.24, 2.45) is 0 Å². The second-order valence-electron chi connectivity index (χ2n) is 3.79. The number of fused-ring (bicyclic) bond motifs is 1. The third-order valence-corrected chi connectivity index (χ3v) is 2.58. The molecule has 0 bridgehead atoms. The molecular weight excluding hydrogens is 250 g/mol. The summed E-state index contributed by atoms with van der Waals surface area (Å²) in [5.74, 6) is 0.812. The van der Waals surface area contributed by atoms with E-state index in [-0.39, 0.29) is 18.1 Å². The predicted octanol–water partition coefficient (Wildman–Crippen LogP) is 2.30. The Hall–Kier alpha value is -2.76. The Kier molecular flexibility index (Phi) is 2.68. The van der Waals surface area contributed by atoms with E-state index >= 15 is 0 Å². The summed E-state index contributed by atoms with van der Waals surface area (Å²) in [6, 6.07) is 6.53. The van der Waals surface area contributed by atoms with Crippen LogP contribution in [0.15, 0.2) is 36.7 Å². The molecule has 2 aromatic rings. The average molecular weight is 259 g/mol. The van der Waals surface area contributed by atoms with Gasteiger partial charge in [0.2, 0.25) is 6.79 Å². The second kappa shape index (κ2) is 4.49. The number of pyridine rings is 1. The minimum Gasteiger partial charge on any atom is -0.477 e. The van der Waals surface area contributed by atoms with E-state index in [4.69, 9.17) is 19.3 Å². The maximum atomic E-state index is 11.0. The van der Waals surface area contributed by atoms with E-state index in [1.54, 1.807) is 18.2 Å². The number of rotatable bonds is 3. The third-order valence-electron chi connectivity index (χ3n) is 2.58. The van der Waals surface area contributed by atoms with E-state index in [1.165, 1.54) is 18.5 Å². The fourth-order valence-electron chi connectivity index (χ4n) is 1.70. The van der Waals surface area contributed by atoms with Gasteiger partial charge in [0.15, 0.2) is 11.5 Å². The highest BCUT2D eigenvalue weighted by Gasteiger charge is 2.16. The number of hydrogen-bond donors (Lipinski definition) is 1. The summed E-state index contributed by atoms with van der Waals surface area (Å²) in [6.07, 6.45) is 2.71. The van der Waals surface area contributed by atoms with Gasteiger partial charge in [-0.25, -0.2) is 4.79 Å². The van der Waals surface area contributed by atoms with Crippen LogP contribution >= 0.6 is 0 Å². The molecular formula is C13H9NO5. The monoisotopic (exact) mass is 259 g/mol. The number of carboxylic acid groups (broad SMARTS) is 1. The van der Waals surface area contributed by atoms with Gasteiger partial charge in [-0.3, -0.25) is 4.98 Å². The van der Waals surface area contributed by atoms with Gasteiger partial charge < -0.3 is 19.3 Å². The van der Waals surface area contributed by atoms with Gasteiger partial charge in [-0.2, -0.15) is 0 Å². The van der Waals surface area contributed by atoms with Crippen LogP contribution in [0.5, 0.6) is 23.0 Å². The summed E-state index contributed by atoms with van der Waals surface area (Å²) >= 11 is 0. The zero-order chi connectivity index (χ0) is 13.2. The normalized spacial score (nSPS) is 12.2. The van der Waals surface area contributed by atoms with E-state index in [2.05, 4.69) is 4.98 Å². The molecule has 3 rings (SSSR count). The van der Waals surface area contributed by atoms with Crippen LogP contribution in [0.25, 0.3) is 0 Å². The van der Waals surface area contributed by atoms with E-state index in [0.717, 1.165) is 0 Å². The lowest BCUT2D eigenvalue weighted by Gasteiger charge is -2.08. The lowest BCUT2D eigenvalue weighted by molar-refractivity contribution is 0.0693. The van der Waals surface area contributed by atoms with Gasteiger partial charge in [-0.15, -0.1) is 0 Å². The molecule has 6 nitrogen and oxygen atoms in total. The standard InChI is InChI=1S/C13H9NO5/c15-13(16)9-6-14-4-3-10(9)19-8-1-2-11-12(5-8)18-7-17-11/h1-6H,7H2,(H,15,16). The zero-order valence-corrected chi connectivity index (χ0v) is 9.70. The number of nitrogens with zero attached hydrogens (tertiary/aromatic N) is 1. The summed E-state index contributed by atoms with van der Waals surface area (Å²) < 4.78 is 15.9. The summed E-state index contributed by atoms with van der Waals surface area (Å²) in [5, 5.41) is 9.03. The van der Waals surface area contributed by atoms with Crippen LogP contribution in [-0.4, -0.2) is 22.9 Å². The molecule has 0 unspecified atom stereocenters. The molecule has 1 aliphatic rings. The molecule has 0 fully saturated rings. The van der Waals surface area contributed by atoms with Crippen molar-refractivity contribution in [3.8, 4) is 23.0 Å². The van der Waals surface area contributed by atoms with Crippen LogP contribution in [0.3, 0.4) is 0 Å². The predicted molar refractivity (Wildman–Crippen MR) is 63.8 cm³/mol. The molecule has 2 heterocycles. The second-order valence-corrected chi connectivity index (χ2v) is 3.79. The summed E-state index contributed by atoms with van der Waals surface area (Å²) in [6.45, 7) is 0.175. The Morgan fingerprint density at radius 1 is 1.26 bits per heavy atom. The van der Waals surface area contributed by atoms with E-state index in [1.807, 2.05) is 0 Å². The van der Waals surface area contributed by atoms with Gasteiger partial charge in [0.1, 0.15) is 17.1 Å². The Balaban J connectivity index is 1.91. The summed E-state index contributed by atoms with van der Waals surface area (Å²) in [5.41, 5.74) is 0.000154. The molecule has 0 radical (unpaired) electrons. The molecule has 96 valence electrons. The van der Waals surface area contributed by atoms with E-state index in [0.29, 0.717) is 17.2 Å². The first-order valence-corrected chi connectivity index (χ1v) is 5.49. The minimum absolute atomic E-state index is 0.000154. The lowest BCUT2D eigenvalue weighted by atomic mass is 10.2. The van der Waals surface area contributed by atoms with Crippen molar-refractivity contribution in [3.63, 3.8) is 0 Å². The van der Waals surface area contributed by atoms with Crippen molar-refractivity contribution in [1.82, 2.24) is 4.98 Å². The summed E-state index contributed by atoms with van der Waals surface area (Å²) in [4.78, 5) is 14.8. The Morgan fingerprint density at radius 2 is 2.11 bits per heavy atom. The quantitative estimate of drug-likeness (QED) is 0.911. The molecule has 6 heteroatoms. The number of carbonyl (C=O) groups is 1. The molecule has 1 aromatic heterocycles. The Bertz CT molecular complexity index is 641. The number of aromatic carboxylic acids is 1. The molecule has 1 N–H and O–H groups in total. The van der Waals surface area contributed by atoms with Gasteiger partial charge >= 0.3 is 5.97 Å². The van der Waals surface area contributed by atoms with Crippen LogP contribution in [-0.2, 0) is 0 Å². The number of hydrogen-bond acceptors (Lipinski definition) is 5. The van der Waals surface area contributed by atoms with Crippen molar-refractivity contribution in [2.75, 3.05) is 6.79 Å². The summed E-state index contributed by atoms with van der Waals surface area (Å²) in [7, 11) is 0. The molecule has 0 spiro atoms. The van der Waals surface area contributed by atoms with Crippen molar-refractivity contribution >= 4 is 5.97 Å². The SMILES string of the molecule is O=C(O)c1cnccc1Oc1ccc2c(c1)OCO2. The van der Waals surface area contributed by atoms with Gasteiger partial charge in [0.25, 0.3) is 0 Å². The first-order chi connectivity index (χ1) is 9.24. The van der Waals surface area contributed by atoms with Gasteiger partial charge in [-0.05, 0) is 12.1 Å². The average Bonchev–Trinajstić information content (AvgIpc) is 2.86. The Labute approximate surface area is 108 Å².